The smallest absolute Gasteiger partial charge is 0.410 e. The predicted molar refractivity (Wildman–Crippen MR) is 86.2 cm³/mol. The van der Waals surface area contributed by atoms with Crippen LogP contribution in [0.15, 0.2) is 12.1 Å². The van der Waals surface area contributed by atoms with Gasteiger partial charge in [0.2, 0.25) is 0 Å². The Kier molecular flexibility index (Phi) is 5.29. The highest BCUT2D eigenvalue weighted by Gasteiger charge is 2.29. The SMILES string of the molecule is CCOC(=O)N1CCc2cc(CN(C)C)c(OC)cc2C1C. The van der Waals surface area contributed by atoms with Gasteiger partial charge in [-0.15, -0.1) is 0 Å². The first-order valence-electron chi connectivity index (χ1n) is 7.75. The molecular weight excluding hydrogens is 280 g/mol. The number of carbonyl (C=O) groups is 1. The van der Waals surface area contributed by atoms with E-state index in [9.17, 15) is 4.79 Å². The lowest BCUT2D eigenvalue weighted by Crippen LogP contribution is -2.39. The Hall–Kier alpha value is -1.75. The van der Waals surface area contributed by atoms with E-state index in [-0.39, 0.29) is 12.1 Å². The number of fused-ring (bicyclic) bond motifs is 1. The van der Waals surface area contributed by atoms with E-state index in [0.29, 0.717) is 13.2 Å². The van der Waals surface area contributed by atoms with Crippen LogP contribution in [0.3, 0.4) is 0 Å². The van der Waals surface area contributed by atoms with Crippen molar-refractivity contribution in [3.63, 3.8) is 0 Å². The average molecular weight is 306 g/mol. The molecule has 1 aliphatic heterocycles. The topological polar surface area (TPSA) is 42.0 Å². The molecule has 0 fully saturated rings. The molecule has 1 atom stereocenters. The Bertz CT molecular complexity index is 543. The van der Waals surface area contributed by atoms with Crippen LogP contribution in [0.4, 0.5) is 4.79 Å². The Balaban J connectivity index is 2.32. The zero-order valence-corrected chi connectivity index (χ0v) is 14.2. The van der Waals surface area contributed by atoms with E-state index < -0.39 is 0 Å². The minimum atomic E-state index is -0.239. The van der Waals surface area contributed by atoms with E-state index in [1.807, 2.05) is 27.9 Å². The molecule has 0 N–H and O–H groups in total. The maximum atomic E-state index is 12.1. The molecule has 1 aromatic carbocycles. The summed E-state index contributed by atoms with van der Waals surface area (Å²) in [4.78, 5) is 16.0. The molecule has 0 saturated heterocycles. The van der Waals surface area contributed by atoms with Crippen LogP contribution in [0.2, 0.25) is 0 Å². The van der Waals surface area contributed by atoms with Crippen LogP contribution in [0, 0.1) is 0 Å². The van der Waals surface area contributed by atoms with E-state index in [2.05, 4.69) is 17.0 Å². The monoisotopic (exact) mass is 306 g/mol. The fraction of sp³-hybridized carbons (Fsp3) is 0.588. The van der Waals surface area contributed by atoms with Crippen molar-refractivity contribution >= 4 is 6.09 Å². The van der Waals surface area contributed by atoms with Gasteiger partial charge in [0.05, 0.1) is 19.8 Å². The van der Waals surface area contributed by atoms with Gasteiger partial charge in [-0.2, -0.15) is 0 Å². The highest BCUT2D eigenvalue weighted by Crippen LogP contribution is 2.35. The molecule has 1 unspecified atom stereocenters. The highest BCUT2D eigenvalue weighted by molar-refractivity contribution is 5.69. The number of carbonyl (C=O) groups excluding carboxylic acids is 1. The van der Waals surface area contributed by atoms with Gasteiger partial charge in [-0.25, -0.2) is 4.79 Å². The summed E-state index contributed by atoms with van der Waals surface area (Å²) >= 11 is 0. The number of ether oxygens (including phenoxy) is 2. The summed E-state index contributed by atoms with van der Waals surface area (Å²) in [6.07, 6.45) is 0.611. The van der Waals surface area contributed by atoms with Crippen molar-refractivity contribution < 1.29 is 14.3 Å². The van der Waals surface area contributed by atoms with Crippen molar-refractivity contribution in [3.8, 4) is 5.75 Å². The summed E-state index contributed by atoms with van der Waals surface area (Å²) in [5, 5.41) is 0. The van der Waals surface area contributed by atoms with E-state index in [4.69, 9.17) is 9.47 Å². The maximum absolute atomic E-state index is 12.1. The molecule has 0 spiro atoms. The molecule has 22 heavy (non-hydrogen) atoms. The summed E-state index contributed by atoms with van der Waals surface area (Å²) < 4.78 is 10.7. The van der Waals surface area contributed by atoms with E-state index in [1.54, 1.807) is 12.0 Å². The molecule has 0 aliphatic carbocycles. The van der Waals surface area contributed by atoms with Crippen molar-refractivity contribution in [1.29, 1.82) is 0 Å². The molecule has 0 saturated carbocycles. The first-order valence-corrected chi connectivity index (χ1v) is 7.75. The van der Waals surface area contributed by atoms with Gasteiger partial charge in [-0.05, 0) is 51.6 Å². The van der Waals surface area contributed by atoms with Crippen molar-refractivity contribution in [2.24, 2.45) is 0 Å². The summed E-state index contributed by atoms with van der Waals surface area (Å²) in [5.41, 5.74) is 3.63. The number of amides is 1. The van der Waals surface area contributed by atoms with E-state index >= 15 is 0 Å². The van der Waals surface area contributed by atoms with E-state index in [1.165, 1.54) is 11.1 Å². The van der Waals surface area contributed by atoms with Gasteiger partial charge in [-0.1, -0.05) is 6.07 Å². The standard InChI is InChI=1S/C17H26N2O3/c1-6-22-17(20)19-8-7-13-9-14(11-18(3)4)16(21-5)10-15(13)12(19)2/h9-10,12H,6-8,11H2,1-5H3. The predicted octanol–water partition coefficient (Wildman–Crippen LogP) is 2.83. The van der Waals surface area contributed by atoms with Gasteiger partial charge in [0.1, 0.15) is 5.75 Å². The van der Waals surface area contributed by atoms with Crippen LogP contribution in [-0.2, 0) is 17.7 Å². The second kappa shape index (κ2) is 7.01. The van der Waals surface area contributed by atoms with Gasteiger partial charge >= 0.3 is 6.09 Å². The first-order chi connectivity index (χ1) is 10.5. The highest BCUT2D eigenvalue weighted by atomic mass is 16.6. The number of nitrogens with zero attached hydrogens (tertiary/aromatic N) is 2. The molecule has 0 radical (unpaired) electrons. The Morgan fingerprint density at radius 2 is 2.14 bits per heavy atom. The molecule has 0 aromatic heterocycles. The summed E-state index contributed by atoms with van der Waals surface area (Å²) in [7, 11) is 5.78. The fourth-order valence-electron chi connectivity index (χ4n) is 3.01. The van der Waals surface area contributed by atoms with Gasteiger partial charge < -0.3 is 19.3 Å². The number of methoxy groups -OCH3 is 1. The second-order valence-corrected chi connectivity index (χ2v) is 5.92. The van der Waals surface area contributed by atoms with Gasteiger partial charge in [0.25, 0.3) is 0 Å². The van der Waals surface area contributed by atoms with Crippen molar-refractivity contribution in [2.45, 2.75) is 32.9 Å². The van der Waals surface area contributed by atoms with Crippen molar-refractivity contribution in [3.05, 3.63) is 28.8 Å². The number of hydrogen-bond donors (Lipinski definition) is 0. The molecule has 2 rings (SSSR count). The largest absolute Gasteiger partial charge is 0.496 e. The normalized spacial score (nSPS) is 17.4. The zero-order valence-electron chi connectivity index (χ0n) is 14.2. The quantitative estimate of drug-likeness (QED) is 0.858. The second-order valence-electron chi connectivity index (χ2n) is 5.92. The number of benzene rings is 1. The molecule has 0 bridgehead atoms. The Morgan fingerprint density at radius 3 is 2.73 bits per heavy atom. The third-order valence-electron chi connectivity index (χ3n) is 4.07. The van der Waals surface area contributed by atoms with Crippen molar-refractivity contribution in [1.82, 2.24) is 9.80 Å². The van der Waals surface area contributed by atoms with Crippen LogP contribution in [-0.4, -0.2) is 50.2 Å². The van der Waals surface area contributed by atoms with Crippen LogP contribution in [0.25, 0.3) is 0 Å². The third kappa shape index (κ3) is 3.35. The van der Waals surface area contributed by atoms with Gasteiger partial charge in [0.15, 0.2) is 0 Å². The lowest BCUT2D eigenvalue weighted by molar-refractivity contribution is 0.0901. The number of rotatable bonds is 4. The summed E-state index contributed by atoms with van der Waals surface area (Å²) in [6, 6.07) is 4.29. The Morgan fingerprint density at radius 1 is 1.41 bits per heavy atom. The lowest BCUT2D eigenvalue weighted by atomic mass is 9.91. The van der Waals surface area contributed by atoms with Gasteiger partial charge in [0, 0.05) is 18.7 Å². The molecular formula is C17H26N2O3. The third-order valence-corrected chi connectivity index (χ3v) is 4.07. The minimum absolute atomic E-state index is 0.00473. The van der Waals surface area contributed by atoms with Crippen LogP contribution in [0.1, 0.15) is 36.6 Å². The molecule has 1 aliphatic rings. The molecule has 5 nitrogen and oxygen atoms in total. The Labute approximate surface area is 132 Å². The minimum Gasteiger partial charge on any atom is -0.496 e. The van der Waals surface area contributed by atoms with Crippen molar-refractivity contribution in [2.75, 3.05) is 34.4 Å². The summed E-state index contributed by atoms with van der Waals surface area (Å²) in [5.74, 6) is 0.880. The maximum Gasteiger partial charge on any atom is 0.410 e. The van der Waals surface area contributed by atoms with E-state index in [0.717, 1.165) is 24.3 Å². The molecule has 1 heterocycles. The van der Waals surface area contributed by atoms with Crippen LogP contribution >= 0.6 is 0 Å². The average Bonchev–Trinajstić information content (AvgIpc) is 2.46. The first kappa shape index (κ1) is 16.6. The molecule has 1 aromatic rings. The number of hydrogen-bond acceptors (Lipinski definition) is 4. The zero-order chi connectivity index (χ0) is 16.3. The van der Waals surface area contributed by atoms with Crippen LogP contribution < -0.4 is 4.74 Å². The van der Waals surface area contributed by atoms with Crippen LogP contribution in [0.5, 0.6) is 5.75 Å². The fourth-order valence-corrected chi connectivity index (χ4v) is 3.01. The van der Waals surface area contributed by atoms with Gasteiger partial charge in [-0.3, -0.25) is 0 Å². The lowest BCUT2D eigenvalue weighted by Gasteiger charge is -2.35. The molecule has 122 valence electrons. The summed E-state index contributed by atoms with van der Waals surface area (Å²) in [6.45, 7) is 5.81. The molecule has 1 amide bonds. The molecule has 5 heteroatoms.